The Hall–Kier alpha value is -0.0800. The van der Waals surface area contributed by atoms with Gasteiger partial charge in [0.2, 0.25) is 0 Å². The molecule has 6 heteroatoms. The van der Waals surface area contributed by atoms with Crippen LogP contribution in [0.2, 0.25) is 0 Å². The van der Waals surface area contributed by atoms with Crippen LogP contribution in [0.25, 0.3) is 0 Å². The molecule has 0 aromatic carbocycles. The Morgan fingerprint density at radius 2 is 1.83 bits per heavy atom. The van der Waals surface area contributed by atoms with Gasteiger partial charge in [0.25, 0.3) is 0 Å². The highest BCUT2D eigenvalue weighted by atomic mass is 127. The van der Waals surface area contributed by atoms with Crippen LogP contribution in [0.4, 0.5) is 0 Å². The predicted molar refractivity (Wildman–Crippen MR) is 112 cm³/mol. The summed E-state index contributed by atoms with van der Waals surface area (Å²) >= 11 is 0. The number of rotatable bonds is 3. The highest BCUT2D eigenvalue weighted by Gasteiger charge is 2.35. The maximum absolute atomic E-state index is 5.87. The third kappa shape index (κ3) is 5.73. The Labute approximate surface area is 165 Å². The molecule has 2 aliphatic heterocycles. The third-order valence-electron chi connectivity index (χ3n) is 5.14. The maximum Gasteiger partial charge on any atom is 0.193 e. The first-order chi connectivity index (χ1) is 10.6. The normalized spacial score (nSPS) is 28.6. The van der Waals surface area contributed by atoms with Gasteiger partial charge in [0.1, 0.15) is 0 Å². The van der Waals surface area contributed by atoms with Crippen molar-refractivity contribution in [3.05, 3.63) is 0 Å². The Balaban J connectivity index is 0.00000288. The minimum Gasteiger partial charge on any atom is -0.373 e. The van der Waals surface area contributed by atoms with E-state index in [1.54, 1.807) is 0 Å². The zero-order valence-corrected chi connectivity index (χ0v) is 18.9. The molecule has 2 rings (SSSR count). The second-order valence-electron chi connectivity index (χ2n) is 8.71. The molecule has 0 saturated carbocycles. The molecule has 142 valence electrons. The van der Waals surface area contributed by atoms with Crippen molar-refractivity contribution in [2.24, 2.45) is 10.4 Å². The highest BCUT2D eigenvalue weighted by Crippen LogP contribution is 2.28. The zero-order valence-electron chi connectivity index (χ0n) is 16.6. The van der Waals surface area contributed by atoms with Crippen LogP contribution in [0.3, 0.4) is 0 Å². The van der Waals surface area contributed by atoms with Gasteiger partial charge >= 0.3 is 0 Å². The second-order valence-corrected chi connectivity index (χ2v) is 8.71. The molecule has 0 spiro atoms. The Morgan fingerprint density at radius 3 is 2.29 bits per heavy atom. The summed E-state index contributed by atoms with van der Waals surface area (Å²) in [6, 6.07) is 0. The first-order valence-electron chi connectivity index (χ1n) is 8.99. The van der Waals surface area contributed by atoms with Gasteiger partial charge in [-0.2, -0.15) is 0 Å². The molecule has 2 atom stereocenters. The first kappa shape index (κ1) is 22.0. The van der Waals surface area contributed by atoms with Gasteiger partial charge in [-0.1, -0.05) is 13.8 Å². The smallest absolute Gasteiger partial charge is 0.193 e. The van der Waals surface area contributed by atoms with E-state index >= 15 is 0 Å². The summed E-state index contributed by atoms with van der Waals surface area (Å²) in [5.74, 6) is 1.04. The summed E-state index contributed by atoms with van der Waals surface area (Å²) in [5, 5.41) is 3.61. The largest absolute Gasteiger partial charge is 0.373 e. The van der Waals surface area contributed by atoms with Crippen molar-refractivity contribution < 1.29 is 4.74 Å². The van der Waals surface area contributed by atoms with Gasteiger partial charge in [-0.05, 0) is 39.5 Å². The number of likely N-dealkylation sites (tertiary alicyclic amines) is 1. The molecule has 2 saturated heterocycles. The second kappa shape index (κ2) is 8.54. The van der Waals surface area contributed by atoms with Gasteiger partial charge < -0.3 is 15.0 Å². The number of guanidine groups is 1. The summed E-state index contributed by atoms with van der Waals surface area (Å²) < 4.78 is 5.87. The van der Waals surface area contributed by atoms with Crippen molar-refractivity contribution in [3.8, 4) is 0 Å². The van der Waals surface area contributed by atoms with Gasteiger partial charge in [0.05, 0.1) is 12.2 Å². The number of nitrogens with one attached hydrogen (secondary N) is 1. The van der Waals surface area contributed by atoms with Crippen molar-refractivity contribution in [1.29, 1.82) is 0 Å². The topological polar surface area (TPSA) is 40.1 Å². The van der Waals surface area contributed by atoms with E-state index in [1.165, 1.54) is 6.42 Å². The molecule has 0 aromatic rings. The number of hydrogen-bond donors (Lipinski definition) is 1. The molecule has 2 aliphatic rings. The monoisotopic (exact) mass is 452 g/mol. The molecule has 5 nitrogen and oxygen atoms in total. The van der Waals surface area contributed by atoms with Gasteiger partial charge in [-0.3, -0.25) is 9.89 Å². The average molecular weight is 452 g/mol. The number of hydrogen-bond acceptors (Lipinski definition) is 3. The van der Waals surface area contributed by atoms with Crippen LogP contribution >= 0.6 is 24.0 Å². The summed E-state index contributed by atoms with van der Waals surface area (Å²) in [5.41, 5.74) is 0.472. The minimum atomic E-state index is 0. The lowest BCUT2D eigenvalue weighted by atomic mass is 9.93. The van der Waals surface area contributed by atoms with Gasteiger partial charge in [0.15, 0.2) is 5.96 Å². The summed E-state index contributed by atoms with van der Waals surface area (Å²) in [6.07, 6.45) is 1.84. The molecule has 0 amide bonds. The standard InChI is InChI=1S/C18H36N4O.HI/c1-14-10-22(11-15(2)23-14)18(5,6)12-20-16(19-7)21-9-8-17(3,4)13-21;/h14-15H,8-13H2,1-7H3,(H,19,20);1H. The molecular formula is C18H37IN4O. The molecule has 0 bridgehead atoms. The minimum absolute atomic E-state index is 0. The van der Waals surface area contributed by atoms with Crippen LogP contribution in [0.15, 0.2) is 4.99 Å². The fourth-order valence-electron chi connectivity index (χ4n) is 3.70. The Morgan fingerprint density at radius 1 is 1.25 bits per heavy atom. The molecule has 2 fully saturated rings. The molecule has 24 heavy (non-hydrogen) atoms. The molecule has 0 radical (unpaired) electrons. The number of morpholine rings is 1. The lowest BCUT2D eigenvalue weighted by Crippen LogP contribution is -2.59. The molecule has 2 unspecified atom stereocenters. The Kier molecular flexibility index (Phi) is 7.81. The van der Waals surface area contributed by atoms with Gasteiger partial charge in [0, 0.05) is 45.3 Å². The van der Waals surface area contributed by atoms with E-state index in [9.17, 15) is 0 Å². The van der Waals surface area contributed by atoms with E-state index in [0.717, 1.165) is 38.7 Å². The van der Waals surface area contributed by atoms with E-state index in [1.807, 2.05) is 7.05 Å². The van der Waals surface area contributed by atoms with E-state index < -0.39 is 0 Å². The highest BCUT2D eigenvalue weighted by molar-refractivity contribution is 14.0. The molecule has 0 aromatic heterocycles. The number of ether oxygens (including phenoxy) is 1. The first-order valence-corrected chi connectivity index (χ1v) is 8.99. The summed E-state index contributed by atoms with van der Waals surface area (Å²) in [6.45, 7) is 18.7. The van der Waals surface area contributed by atoms with Crippen LogP contribution in [0.5, 0.6) is 0 Å². The number of aliphatic imine (C=N–C) groups is 1. The van der Waals surface area contributed by atoms with E-state index in [4.69, 9.17) is 4.74 Å². The SMILES string of the molecule is CN=C(NCC(C)(C)N1CC(C)OC(C)C1)N1CCC(C)(C)C1.I. The van der Waals surface area contributed by atoms with Crippen LogP contribution in [0, 0.1) is 5.41 Å². The fraction of sp³-hybridized carbons (Fsp3) is 0.944. The van der Waals surface area contributed by atoms with Crippen molar-refractivity contribution in [2.75, 3.05) is 39.8 Å². The van der Waals surface area contributed by atoms with Crippen LogP contribution in [-0.4, -0.2) is 73.3 Å². The lowest BCUT2D eigenvalue weighted by molar-refractivity contribution is -0.0947. The molecule has 0 aliphatic carbocycles. The van der Waals surface area contributed by atoms with Crippen LogP contribution in [0.1, 0.15) is 48.0 Å². The van der Waals surface area contributed by atoms with Gasteiger partial charge in [-0.25, -0.2) is 0 Å². The van der Waals surface area contributed by atoms with Crippen molar-refractivity contribution in [3.63, 3.8) is 0 Å². The van der Waals surface area contributed by atoms with Crippen LogP contribution in [-0.2, 0) is 4.74 Å². The van der Waals surface area contributed by atoms with E-state index in [0.29, 0.717) is 17.6 Å². The third-order valence-corrected chi connectivity index (χ3v) is 5.14. The Bertz CT molecular complexity index is 429. The molecule has 2 heterocycles. The maximum atomic E-state index is 5.87. The van der Waals surface area contributed by atoms with E-state index in [2.05, 4.69) is 61.7 Å². The van der Waals surface area contributed by atoms with Crippen molar-refractivity contribution in [1.82, 2.24) is 15.1 Å². The summed E-state index contributed by atoms with van der Waals surface area (Å²) in [4.78, 5) is 9.43. The fourth-order valence-corrected chi connectivity index (χ4v) is 3.70. The van der Waals surface area contributed by atoms with Crippen molar-refractivity contribution >= 4 is 29.9 Å². The number of nitrogens with zero attached hydrogens (tertiary/aromatic N) is 3. The lowest BCUT2D eigenvalue weighted by Gasteiger charge is -2.45. The van der Waals surface area contributed by atoms with E-state index in [-0.39, 0.29) is 29.5 Å². The molecule has 1 N–H and O–H groups in total. The van der Waals surface area contributed by atoms with Gasteiger partial charge in [-0.15, -0.1) is 24.0 Å². The predicted octanol–water partition coefficient (Wildman–Crippen LogP) is 2.80. The average Bonchev–Trinajstić information content (AvgIpc) is 2.78. The molecular weight excluding hydrogens is 415 g/mol. The summed E-state index contributed by atoms with van der Waals surface area (Å²) in [7, 11) is 1.89. The van der Waals surface area contributed by atoms with Crippen LogP contribution < -0.4 is 5.32 Å². The zero-order chi connectivity index (χ0) is 17.3. The number of halogens is 1. The quantitative estimate of drug-likeness (QED) is 0.406. The van der Waals surface area contributed by atoms with Crippen molar-refractivity contribution in [2.45, 2.75) is 65.7 Å².